The van der Waals surface area contributed by atoms with Gasteiger partial charge in [-0.2, -0.15) is 0 Å². The third-order valence-electron chi connectivity index (χ3n) is 3.20. The summed E-state index contributed by atoms with van der Waals surface area (Å²) in [4.78, 5) is 4.77. The Kier molecular flexibility index (Phi) is 3.88. The first kappa shape index (κ1) is 14.0. The lowest BCUT2D eigenvalue weighted by Gasteiger charge is -2.11. The first-order valence-corrected chi connectivity index (χ1v) is 7.85. The standard InChI is InChI=1S/C17H18N2OS/c1-12(2)21-17-18-15-6-4-5-7-16(15)19(17)13-8-10-14(20-3)11-9-13/h4-12H,1-3H3. The SMILES string of the molecule is COc1ccc(-n2c(SC(C)C)nc3ccccc32)cc1. The summed E-state index contributed by atoms with van der Waals surface area (Å²) in [6, 6.07) is 16.3. The first-order chi connectivity index (χ1) is 10.2. The van der Waals surface area contributed by atoms with Crippen molar-refractivity contribution < 1.29 is 4.74 Å². The van der Waals surface area contributed by atoms with Gasteiger partial charge in [0, 0.05) is 10.9 Å². The topological polar surface area (TPSA) is 27.1 Å². The van der Waals surface area contributed by atoms with Gasteiger partial charge in [0.2, 0.25) is 0 Å². The molecule has 0 bridgehead atoms. The molecular weight excluding hydrogens is 280 g/mol. The van der Waals surface area contributed by atoms with Crippen molar-refractivity contribution >= 4 is 22.8 Å². The average Bonchev–Trinajstić information content (AvgIpc) is 2.84. The number of thioether (sulfide) groups is 1. The molecule has 2 aromatic carbocycles. The number of para-hydroxylation sites is 2. The summed E-state index contributed by atoms with van der Waals surface area (Å²) < 4.78 is 7.45. The Morgan fingerprint density at radius 3 is 2.43 bits per heavy atom. The molecule has 0 unspecified atom stereocenters. The van der Waals surface area contributed by atoms with Crippen molar-refractivity contribution in [2.75, 3.05) is 7.11 Å². The molecule has 4 heteroatoms. The Labute approximate surface area is 129 Å². The van der Waals surface area contributed by atoms with Crippen LogP contribution in [0.3, 0.4) is 0 Å². The fourth-order valence-electron chi connectivity index (χ4n) is 2.27. The van der Waals surface area contributed by atoms with Gasteiger partial charge in [-0.3, -0.25) is 4.57 Å². The number of nitrogens with zero attached hydrogens (tertiary/aromatic N) is 2. The van der Waals surface area contributed by atoms with E-state index >= 15 is 0 Å². The van der Waals surface area contributed by atoms with Crippen molar-refractivity contribution in [3.63, 3.8) is 0 Å². The maximum Gasteiger partial charge on any atom is 0.173 e. The van der Waals surface area contributed by atoms with Gasteiger partial charge in [0.25, 0.3) is 0 Å². The van der Waals surface area contributed by atoms with Crippen LogP contribution in [-0.2, 0) is 0 Å². The lowest BCUT2D eigenvalue weighted by atomic mass is 10.2. The van der Waals surface area contributed by atoms with Gasteiger partial charge >= 0.3 is 0 Å². The summed E-state index contributed by atoms with van der Waals surface area (Å²) in [5, 5.41) is 1.51. The lowest BCUT2D eigenvalue weighted by Crippen LogP contribution is -1.99. The zero-order chi connectivity index (χ0) is 14.8. The van der Waals surface area contributed by atoms with Gasteiger partial charge in [-0.05, 0) is 36.4 Å². The fourth-order valence-corrected chi connectivity index (χ4v) is 3.16. The van der Waals surface area contributed by atoms with E-state index in [2.05, 4.69) is 42.7 Å². The molecule has 3 aromatic rings. The van der Waals surface area contributed by atoms with E-state index in [0.717, 1.165) is 27.6 Å². The zero-order valence-corrected chi connectivity index (χ0v) is 13.2. The van der Waals surface area contributed by atoms with E-state index in [9.17, 15) is 0 Å². The smallest absolute Gasteiger partial charge is 0.173 e. The number of benzene rings is 2. The van der Waals surface area contributed by atoms with Crippen LogP contribution in [0, 0.1) is 0 Å². The van der Waals surface area contributed by atoms with Crippen LogP contribution in [-0.4, -0.2) is 21.9 Å². The summed E-state index contributed by atoms with van der Waals surface area (Å²) in [6.07, 6.45) is 0. The summed E-state index contributed by atoms with van der Waals surface area (Å²) in [7, 11) is 1.68. The van der Waals surface area contributed by atoms with Crippen LogP contribution in [0.25, 0.3) is 16.7 Å². The molecule has 0 atom stereocenters. The highest BCUT2D eigenvalue weighted by atomic mass is 32.2. The van der Waals surface area contributed by atoms with E-state index in [0.29, 0.717) is 5.25 Å². The number of aromatic nitrogens is 2. The molecule has 0 aliphatic heterocycles. The second-order valence-electron chi connectivity index (χ2n) is 5.08. The molecule has 0 saturated carbocycles. The van der Waals surface area contributed by atoms with Crippen molar-refractivity contribution in [2.24, 2.45) is 0 Å². The van der Waals surface area contributed by atoms with Crippen molar-refractivity contribution in [1.29, 1.82) is 0 Å². The normalized spacial score (nSPS) is 11.2. The van der Waals surface area contributed by atoms with Crippen LogP contribution in [0.15, 0.2) is 53.7 Å². The predicted molar refractivity (Wildman–Crippen MR) is 88.6 cm³/mol. The maximum absolute atomic E-state index is 5.24. The molecular formula is C17H18N2OS. The Morgan fingerprint density at radius 2 is 1.76 bits per heavy atom. The van der Waals surface area contributed by atoms with E-state index in [1.54, 1.807) is 18.9 Å². The van der Waals surface area contributed by atoms with Crippen LogP contribution in [0.2, 0.25) is 0 Å². The largest absolute Gasteiger partial charge is 0.497 e. The molecule has 0 N–H and O–H groups in total. The molecule has 0 saturated heterocycles. The second-order valence-corrected chi connectivity index (χ2v) is 6.63. The molecule has 1 aromatic heterocycles. The van der Waals surface area contributed by atoms with Gasteiger partial charge in [0.1, 0.15) is 5.75 Å². The molecule has 1 heterocycles. The minimum absolute atomic E-state index is 0.485. The minimum Gasteiger partial charge on any atom is -0.497 e. The fraction of sp³-hybridized carbons (Fsp3) is 0.235. The average molecular weight is 298 g/mol. The summed E-state index contributed by atoms with van der Waals surface area (Å²) in [5.41, 5.74) is 3.26. The maximum atomic E-state index is 5.24. The predicted octanol–water partition coefficient (Wildman–Crippen LogP) is 4.53. The van der Waals surface area contributed by atoms with Crippen molar-refractivity contribution in [3.8, 4) is 11.4 Å². The molecule has 3 nitrogen and oxygen atoms in total. The quantitative estimate of drug-likeness (QED) is 0.662. The second kappa shape index (κ2) is 5.82. The van der Waals surface area contributed by atoms with Crippen molar-refractivity contribution in [2.45, 2.75) is 24.3 Å². The molecule has 0 spiro atoms. The third-order valence-corrected chi connectivity index (χ3v) is 4.16. The van der Waals surface area contributed by atoms with Gasteiger partial charge in [0.15, 0.2) is 5.16 Å². The lowest BCUT2D eigenvalue weighted by molar-refractivity contribution is 0.414. The molecule has 0 radical (unpaired) electrons. The number of hydrogen-bond acceptors (Lipinski definition) is 3. The number of imidazole rings is 1. The first-order valence-electron chi connectivity index (χ1n) is 6.97. The molecule has 21 heavy (non-hydrogen) atoms. The monoisotopic (exact) mass is 298 g/mol. The summed E-state index contributed by atoms with van der Waals surface area (Å²) in [6.45, 7) is 4.37. The van der Waals surface area contributed by atoms with Gasteiger partial charge in [-0.25, -0.2) is 4.98 Å². The van der Waals surface area contributed by atoms with Gasteiger partial charge in [0.05, 0.1) is 18.1 Å². The van der Waals surface area contributed by atoms with E-state index in [1.807, 2.05) is 24.3 Å². The molecule has 0 amide bonds. The summed E-state index contributed by atoms with van der Waals surface area (Å²) in [5.74, 6) is 0.862. The van der Waals surface area contributed by atoms with Gasteiger partial charge in [-0.15, -0.1) is 0 Å². The zero-order valence-electron chi connectivity index (χ0n) is 12.4. The van der Waals surface area contributed by atoms with E-state index in [-0.39, 0.29) is 0 Å². The van der Waals surface area contributed by atoms with E-state index in [1.165, 1.54) is 0 Å². The number of fused-ring (bicyclic) bond motifs is 1. The number of rotatable bonds is 4. The van der Waals surface area contributed by atoms with E-state index < -0.39 is 0 Å². The highest BCUT2D eigenvalue weighted by Crippen LogP contribution is 2.30. The highest BCUT2D eigenvalue weighted by molar-refractivity contribution is 7.99. The number of hydrogen-bond donors (Lipinski definition) is 0. The number of methoxy groups -OCH3 is 1. The van der Waals surface area contributed by atoms with Crippen LogP contribution in [0.4, 0.5) is 0 Å². The van der Waals surface area contributed by atoms with E-state index in [4.69, 9.17) is 9.72 Å². The third kappa shape index (κ3) is 2.76. The van der Waals surface area contributed by atoms with Crippen LogP contribution < -0.4 is 4.74 Å². The molecule has 0 fully saturated rings. The molecule has 0 aliphatic carbocycles. The van der Waals surface area contributed by atoms with Gasteiger partial charge in [-0.1, -0.05) is 37.7 Å². The van der Waals surface area contributed by atoms with Crippen LogP contribution in [0.1, 0.15) is 13.8 Å². The Bertz CT molecular complexity index is 747. The molecule has 0 aliphatic rings. The Balaban J connectivity index is 2.17. The minimum atomic E-state index is 0.485. The molecule has 3 rings (SSSR count). The summed E-state index contributed by atoms with van der Waals surface area (Å²) >= 11 is 1.78. The van der Waals surface area contributed by atoms with Crippen molar-refractivity contribution in [3.05, 3.63) is 48.5 Å². The van der Waals surface area contributed by atoms with Gasteiger partial charge < -0.3 is 4.74 Å². The number of ether oxygens (including phenoxy) is 1. The van der Waals surface area contributed by atoms with Crippen LogP contribution in [0.5, 0.6) is 5.75 Å². The Hall–Kier alpha value is -1.94. The van der Waals surface area contributed by atoms with Crippen LogP contribution >= 0.6 is 11.8 Å². The molecule has 108 valence electrons. The van der Waals surface area contributed by atoms with Crippen molar-refractivity contribution in [1.82, 2.24) is 9.55 Å². The Morgan fingerprint density at radius 1 is 1.05 bits per heavy atom. The highest BCUT2D eigenvalue weighted by Gasteiger charge is 2.13.